The summed E-state index contributed by atoms with van der Waals surface area (Å²) in [5.41, 5.74) is 2.70. The minimum Gasteiger partial charge on any atom is -0.478 e. The van der Waals surface area contributed by atoms with E-state index in [1.54, 1.807) is 12.1 Å². The van der Waals surface area contributed by atoms with Gasteiger partial charge in [0.2, 0.25) is 0 Å². The Hall–Kier alpha value is -1.57. The third kappa shape index (κ3) is 1.69. The molecular weight excluding hydrogens is 176 g/mol. The maximum atomic E-state index is 10.8. The molecule has 1 N–H and O–H groups in total. The summed E-state index contributed by atoms with van der Waals surface area (Å²) in [5, 5.41) is 8.84. The first-order chi connectivity index (χ1) is 6.77. The van der Waals surface area contributed by atoms with Gasteiger partial charge in [-0.25, -0.2) is 4.79 Å². The van der Waals surface area contributed by atoms with Crippen molar-refractivity contribution in [2.75, 3.05) is 0 Å². The van der Waals surface area contributed by atoms with Gasteiger partial charge in [0, 0.05) is 0 Å². The molecule has 2 rings (SSSR count). The van der Waals surface area contributed by atoms with Crippen LogP contribution in [0.2, 0.25) is 0 Å². The molecule has 0 amide bonds. The van der Waals surface area contributed by atoms with Gasteiger partial charge in [-0.05, 0) is 42.5 Å². The van der Waals surface area contributed by atoms with E-state index in [9.17, 15) is 4.79 Å². The Morgan fingerprint density at radius 2 is 2.21 bits per heavy atom. The van der Waals surface area contributed by atoms with Gasteiger partial charge in [-0.1, -0.05) is 18.2 Å². The summed E-state index contributed by atoms with van der Waals surface area (Å²) >= 11 is 0. The fourth-order valence-electron chi connectivity index (χ4n) is 1.74. The molecule has 0 aromatic heterocycles. The highest BCUT2D eigenvalue weighted by molar-refractivity contribution is 5.88. The van der Waals surface area contributed by atoms with Crippen molar-refractivity contribution < 1.29 is 9.90 Å². The Balaban J connectivity index is 2.44. The molecule has 72 valence electrons. The van der Waals surface area contributed by atoms with Crippen LogP contribution in [-0.4, -0.2) is 11.1 Å². The first-order valence-corrected chi connectivity index (χ1v) is 4.80. The van der Waals surface area contributed by atoms with Gasteiger partial charge >= 0.3 is 5.97 Å². The van der Waals surface area contributed by atoms with E-state index in [-0.39, 0.29) is 0 Å². The number of carboxylic acid groups (broad SMARTS) is 1. The predicted octanol–water partition coefficient (Wildman–Crippen LogP) is 2.73. The lowest BCUT2D eigenvalue weighted by atomic mass is 10.0. The van der Waals surface area contributed by atoms with Crippen LogP contribution in [0.1, 0.15) is 34.3 Å². The van der Waals surface area contributed by atoms with Crippen LogP contribution in [0.4, 0.5) is 0 Å². The van der Waals surface area contributed by atoms with Gasteiger partial charge in [-0.3, -0.25) is 0 Å². The zero-order chi connectivity index (χ0) is 9.97. The Morgan fingerprint density at radius 3 is 3.00 bits per heavy atom. The predicted molar refractivity (Wildman–Crippen MR) is 55.4 cm³/mol. The van der Waals surface area contributed by atoms with Gasteiger partial charge in [0.1, 0.15) is 0 Å². The number of fused-ring (bicyclic) bond motifs is 1. The number of hydrogen-bond acceptors (Lipinski definition) is 1. The fourth-order valence-corrected chi connectivity index (χ4v) is 1.74. The van der Waals surface area contributed by atoms with E-state index in [0.29, 0.717) is 5.56 Å². The van der Waals surface area contributed by atoms with Gasteiger partial charge in [-0.2, -0.15) is 0 Å². The molecule has 0 spiro atoms. The molecular formula is C12H12O2. The number of benzene rings is 1. The molecule has 0 aliphatic heterocycles. The fraction of sp³-hybridized carbons (Fsp3) is 0.250. The molecule has 0 saturated heterocycles. The lowest BCUT2D eigenvalue weighted by molar-refractivity contribution is 0.0697. The number of aryl methyl sites for hydroxylation is 1. The largest absolute Gasteiger partial charge is 0.478 e. The lowest BCUT2D eigenvalue weighted by Crippen LogP contribution is -1.98. The summed E-state index contributed by atoms with van der Waals surface area (Å²) in [6, 6.07) is 5.34. The van der Waals surface area contributed by atoms with Crippen LogP contribution in [0.25, 0.3) is 6.08 Å². The Kier molecular flexibility index (Phi) is 2.35. The number of carboxylic acids is 1. The average Bonchev–Trinajstić information content (AvgIpc) is 2.41. The maximum absolute atomic E-state index is 10.8. The van der Waals surface area contributed by atoms with Crippen molar-refractivity contribution in [2.24, 2.45) is 0 Å². The Morgan fingerprint density at radius 1 is 1.36 bits per heavy atom. The molecule has 1 aliphatic carbocycles. The molecule has 14 heavy (non-hydrogen) atoms. The second-order valence-corrected chi connectivity index (χ2v) is 3.51. The lowest BCUT2D eigenvalue weighted by Gasteiger charge is -2.04. The molecule has 0 fully saturated rings. The van der Waals surface area contributed by atoms with Crippen LogP contribution < -0.4 is 0 Å². The van der Waals surface area contributed by atoms with E-state index in [4.69, 9.17) is 5.11 Å². The summed E-state index contributed by atoms with van der Waals surface area (Å²) in [5.74, 6) is -0.846. The van der Waals surface area contributed by atoms with Crippen molar-refractivity contribution >= 4 is 12.0 Å². The number of hydrogen-bond donors (Lipinski definition) is 1. The molecule has 0 radical (unpaired) electrons. The molecule has 2 heteroatoms. The third-order valence-electron chi connectivity index (χ3n) is 2.50. The van der Waals surface area contributed by atoms with Gasteiger partial charge in [0.25, 0.3) is 0 Å². The van der Waals surface area contributed by atoms with E-state index in [0.717, 1.165) is 30.4 Å². The van der Waals surface area contributed by atoms with Crippen LogP contribution in [-0.2, 0) is 6.42 Å². The van der Waals surface area contributed by atoms with Crippen LogP contribution in [0.5, 0.6) is 0 Å². The normalized spacial score (nSPS) is 14.6. The SMILES string of the molecule is O=C(O)c1ccc2c(c1)CCCC=C2. The van der Waals surface area contributed by atoms with E-state index < -0.39 is 5.97 Å². The number of rotatable bonds is 1. The maximum Gasteiger partial charge on any atom is 0.335 e. The molecule has 1 aromatic rings. The molecule has 0 heterocycles. The van der Waals surface area contributed by atoms with Gasteiger partial charge in [0.15, 0.2) is 0 Å². The van der Waals surface area contributed by atoms with Crippen molar-refractivity contribution in [3.8, 4) is 0 Å². The highest BCUT2D eigenvalue weighted by Gasteiger charge is 2.08. The van der Waals surface area contributed by atoms with Crippen molar-refractivity contribution in [2.45, 2.75) is 19.3 Å². The molecule has 0 atom stereocenters. The quantitative estimate of drug-likeness (QED) is 0.735. The van der Waals surface area contributed by atoms with E-state index in [2.05, 4.69) is 12.2 Å². The first-order valence-electron chi connectivity index (χ1n) is 4.80. The van der Waals surface area contributed by atoms with Crippen molar-refractivity contribution in [1.82, 2.24) is 0 Å². The van der Waals surface area contributed by atoms with E-state index in [1.807, 2.05) is 6.07 Å². The van der Waals surface area contributed by atoms with Crippen LogP contribution >= 0.6 is 0 Å². The Labute approximate surface area is 82.9 Å². The average molecular weight is 188 g/mol. The monoisotopic (exact) mass is 188 g/mol. The smallest absolute Gasteiger partial charge is 0.335 e. The van der Waals surface area contributed by atoms with Crippen molar-refractivity contribution in [1.29, 1.82) is 0 Å². The standard InChI is InChI=1S/C12H12O2/c13-12(14)11-7-6-9-4-2-1-3-5-10(9)8-11/h2,4,6-8H,1,3,5H2,(H,13,14). The minimum atomic E-state index is -0.846. The van der Waals surface area contributed by atoms with Gasteiger partial charge < -0.3 is 5.11 Å². The second-order valence-electron chi connectivity index (χ2n) is 3.51. The number of allylic oxidation sites excluding steroid dienone is 1. The number of aromatic carboxylic acids is 1. The molecule has 2 nitrogen and oxygen atoms in total. The van der Waals surface area contributed by atoms with Crippen LogP contribution in [0.3, 0.4) is 0 Å². The second kappa shape index (κ2) is 3.66. The van der Waals surface area contributed by atoms with Crippen molar-refractivity contribution in [3.05, 3.63) is 41.0 Å². The van der Waals surface area contributed by atoms with Crippen molar-refractivity contribution in [3.63, 3.8) is 0 Å². The van der Waals surface area contributed by atoms with Gasteiger partial charge in [0.05, 0.1) is 5.56 Å². The summed E-state index contributed by atoms with van der Waals surface area (Å²) in [4.78, 5) is 10.8. The zero-order valence-electron chi connectivity index (χ0n) is 7.86. The van der Waals surface area contributed by atoms with E-state index >= 15 is 0 Å². The van der Waals surface area contributed by atoms with Crippen LogP contribution in [0, 0.1) is 0 Å². The highest BCUT2D eigenvalue weighted by Crippen LogP contribution is 2.20. The summed E-state index contributed by atoms with van der Waals surface area (Å²) in [6.45, 7) is 0. The number of carbonyl (C=O) groups is 1. The summed E-state index contributed by atoms with van der Waals surface area (Å²) < 4.78 is 0. The summed E-state index contributed by atoms with van der Waals surface area (Å²) in [7, 11) is 0. The summed E-state index contributed by atoms with van der Waals surface area (Å²) in [6.07, 6.45) is 7.38. The molecule has 0 bridgehead atoms. The van der Waals surface area contributed by atoms with Crippen LogP contribution in [0.15, 0.2) is 24.3 Å². The topological polar surface area (TPSA) is 37.3 Å². The molecule has 0 saturated carbocycles. The first kappa shape index (κ1) is 9.00. The highest BCUT2D eigenvalue weighted by atomic mass is 16.4. The van der Waals surface area contributed by atoms with Gasteiger partial charge in [-0.15, -0.1) is 0 Å². The minimum absolute atomic E-state index is 0.388. The third-order valence-corrected chi connectivity index (χ3v) is 2.50. The molecule has 0 unspecified atom stereocenters. The van der Waals surface area contributed by atoms with E-state index in [1.165, 1.54) is 0 Å². The zero-order valence-corrected chi connectivity index (χ0v) is 7.86. The molecule has 1 aliphatic rings. The molecule has 1 aromatic carbocycles. The Bertz CT molecular complexity index is 391.